The number of hydrogen-bond donors (Lipinski definition) is 2. The minimum absolute atomic E-state index is 0.0613. The minimum Gasteiger partial charge on any atom is -0.503 e. The van der Waals surface area contributed by atoms with Gasteiger partial charge in [-0.3, -0.25) is 0 Å². The molecule has 1 aromatic rings. The van der Waals surface area contributed by atoms with Crippen LogP contribution in [0.15, 0.2) is 0 Å². The molecule has 0 unspecified atom stereocenters. The summed E-state index contributed by atoms with van der Waals surface area (Å²) >= 11 is 1.50. The summed E-state index contributed by atoms with van der Waals surface area (Å²) in [5.41, 5.74) is -0.112. The third kappa shape index (κ3) is 1.87. The summed E-state index contributed by atoms with van der Waals surface area (Å²) in [5.74, 6) is 0.378. The molecule has 0 aromatic carbocycles. The fourth-order valence-corrected chi connectivity index (χ4v) is 2.48. The van der Waals surface area contributed by atoms with Gasteiger partial charge in [0.05, 0.1) is 9.75 Å². The van der Waals surface area contributed by atoms with Crippen LogP contribution in [0.4, 0.5) is 0 Å². The van der Waals surface area contributed by atoms with E-state index >= 15 is 0 Å². The highest BCUT2D eigenvalue weighted by molar-refractivity contribution is 7.13. The van der Waals surface area contributed by atoms with Gasteiger partial charge in [0.15, 0.2) is 11.5 Å². The molecule has 1 rings (SSSR count). The van der Waals surface area contributed by atoms with Crippen molar-refractivity contribution in [3.63, 3.8) is 0 Å². The fraction of sp³-hybridized carbons (Fsp3) is 0.636. The van der Waals surface area contributed by atoms with Gasteiger partial charge in [-0.25, -0.2) is 0 Å². The average molecular weight is 214 g/mol. The van der Waals surface area contributed by atoms with Gasteiger partial charge in [0, 0.05) is 5.41 Å². The Labute approximate surface area is 89.2 Å². The van der Waals surface area contributed by atoms with Crippen LogP contribution in [0.1, 0.15) is 50.3 Å². The van der Waals surface area contributed by atoms with Gasteiger partial charge in [-0.05, 0) is 5.92 Å². The van der Waals surface area contributed by atoms with Crippen molar-refractivity contribution in [1.82, 2.24) is 0 Å². The van der Waals surface area contributed by atoms with Gasteiger partial charge in [-0.1, -0.05) is 34.6 Å². The quantitative estimate of drug-likeness (QED) is 0.750. The Morgan fingerprint density at radius 1 is 1.07 bits per heavy atom. The lowest BCUT2D eigenvalue weighted by Crippen LogP contribution is -2.08. The maximum atomic E-state index is 9.76. The van der Waals surface area contributed by atoms with Crippen molar-refractivity contribution >= 4 is 11.3 Å². The van der Waals surface area contributed by atoms with E-state index in [0.717, 1.165) is 9.75 Å². The smallest absolute Gasteiger partial charge is 0.172 e. The van der Waals surface area contributed by atoms with Gasteiger partial charge in [-0.15, -0.1) is 11.3 Å². The molecule has 0 spiro atoms. The zero-order chi connectivity index (χ0) is 11.1. The molecule has 0 saturated heterocycles. The lowest BCUT2D eigenvalue weighted by molar-refractivity contribution is 0.392. The molecule has 0 aliphatic carbocycles. The summed E-state index contributed by atoms with van der Waals surface area (Å²) in [6.07, 6.45) is 0. The number of hydrogen-bond acceptors (Lipinski definition) is 3. The summed E-state index contributed by atoms with van der Waals surface area (Å²) in [7, 11) is 0. The molecule has 0 atom stereocenters. The minimum atomic E-state index is -0.112. The molecule has 0 bridgehead atoms. The number of rotatable bonds is 1. The highest BCUT2D eigenvalue weighted by atomic mass is 32.1. The van der Waals surface area contributed by atoms with Crippen LogP contribution in [0, 0.1) is 0 Å². The SMILES string of the molecule is CC(C)c1sc(C(C)(C)C)c(O)c1O. The zero-order valence-electron chi connectivity index (χ0n) is 9.38. The van der Waals surface area contributed by atoms with Crippen LogP contribution in [0.25, 0.3) is 0 Å². The first-order valence-corrected chi connectivity index (χ1v) is 5.62. The van der Waals surface area contributed by atoms with Gasteiger partial charge in [0.25, 0.3) is 0 Å². The van der Waals surface area contributed by atoms with E-state index in [9.17, 15) is 10.2 Å². The maximum absolute atomic E-state index is 9.76. The van der Waals surface area contributed by atoms with E-state index < -0.39 is 0 Å². The molecule has 3 heteroatoms. The predicted molar refractivity (Wildman–Crippen MR) is 60.4 cm³/mol. The molecule has 1 aromatic heterocycles. The Morgan fingerprint density at radius 3 is 1.79 bits per heavy atom. The van der Waals surface area contributed by atoms with Gasteiger partial charge in [0.1, 0.15) is 0 Å². The molecule has 0 radical (unpaired) electrons. The average Bonchev–Trinajstić information content (AvgIpc) is 2.28. The Kier molecular flexibility index (Phi) is 2.81. The second-order valence-corrected chi connectivity index (χ2v) is 5.95. The summed E-state index contributed by atoms with van der Waals surface area (Å²) in [6.45, 7) is 10.1. The van der Waals surface area contributed by atoms with Crippen molar-refractivity contribution < 1.29 is 10.2 Å². The van der Waals surface area contributed by atoms with E-state index in [2.05, 4.69) is 0 Å². The Hall–Kier alpha value is -0.700. The molecule has 14 heavy (non-hydrogen) atoms. The number of thiophene rings is 1. The summed E-state index contributed by atoms with van der Waals surface area (Å²) in [5, 5.41) is 19.5. The molecule has 80 valence electrons. The third-order valence-corrected chi connectivity index (χ3v) is 3.98. The molecular weight excluding hydrogens is 196 g/mol. The summed E-state index contributed by atoms with van der Waals surface area (Å²) in [4.78, 5) is 1.73. The zero-order valence-corrected chi connectivity index (χ0v) is 10.2. The molecular formula is C11H18O2S. The standard InChI is InChI=1S/C11H18O2S/c1-6(2)9-7(12)8(13)10(14-9)11(3,4)5/h6,12-13H,1-5H3. The van der Waals surface area contributed by atoms with Crippen LogP contribution in [0.2, 0.25) is 0 Å². The van der Waals surface area contributed by atoms with Crippen LogP contribution < -0.4 is 0 Å². The van der Waals surface area contributed by atoms with Gasteiger partial charge < -0.3 is 10.2 Å². The third-order valence-electron chi connectivity index (χ3n) is 2.09. The van der Waals surface area contributed by atoms with Gasteiger partial charge >= 0.3 is 0 Å². The van der Waals surface area contributed by atoms with Crippen LogP contribution >= 0.6 is 11.3 Å². The van der Waals surface area contributed by atoms with Crippen molar-refractivity contribution in [3.05, 3.63) is 9.75 Å². The Morgan fingerprint density at radius 2 is 1.57 bits per heavy atom. The van der Waals surface area contributed by atoms with E-state index in [4.69, 9.17) is 0 Å². The fourth-order valence-electron chi connectivity index (χ4n) is 1.33. The van der Waals surface area contributed by atoms with Gasteiger partial charge in [-0.2, -0.15) is 0 Å². The molecule has 0 saturated carbocycles. The summed E-state index contributed by atoms with van der Waals surface area (Å²) < 4.78 is 0. The normalized spacial score (nSPS) is 12.4. The maximum Gasteiger partial charge on any atom is 0.172 e. The lowest BCUT2D eigenvalue weighted by Gasteiger charge is -2.16. The van der Waals surface area contributed by atoms with Crippen LogP contribution in [0.3, 0.4) is 0 Å². The number of aromatic hydroxyl groups is 2. The van der Waals surface area contributed by atoms with E-state index in [1.54, 1.807) is 0 Å². The molecule has 2 nitrogen and oxygen atoms in total. The molecule has 0 aliphatic rings. The topological polar surface area (TPSA) is 40.5 Å². The van der Waals surface area contributed by atoms with Crippen LogP contribution in [-0.2, 0) is 5.41 Å². The highest BCUT2D eigenvalue weighted by Gasteiger charge is 2.26. The molecule has 0 aliphatic heterocycles. The summed E-state index contributed by atoms with van der Waals surface area (Å²) in [6, 6.07) is 0. The first-order valence-electron chi connectivity index (χ1n) is 4.80. The van der Waals surface area contributed by atoms with Crippen LogP contribution in [0.5, 0.6) is 11.5 Å². The van der Waals surface area contributed by atoms with Crippen molar-refractivity contribution in [2.75, 3.05) is 0 Å². The molecule has 1 heterocycles. The van der Waals surface area contributed by atoms with Gasteiger partial charge in [0.2, 0.25) is 0 Å². The Balaban J connectivity index is 3.29. The van der Waals surface area contributed by atoms with E-state index in [0.29, 0.717) is 0 Å². The highest BCUT2D eigenvalue weighted by Crippen LogP contribution is 2.48. The van der Waals surface area contributed by atoms with E-state index in [1.165, 1.54) is 11.3 Å². The van der Waals surface area contributed by atoms with Crippen molar-refractivity contribution in [2.24, 2.45) is 0 Å². The largest absolute Gasteiger partial charge is 0.503 e. The second-order valence-electron chi connectivity index (χ2n) is 4.90. The molecule has 0 fully saturated rings. The van der Waals surface area contributed by atoms with Crippen LogP contribution in [-0.4, -0.2) is 10.2 Å². The monoisotopic (exact) mass is 214 g/mol. The van der Waals surface area contributed by atoms with Crippen molar-refractivity contribution in [2.45, 2.75) is 46.0 Å². The van der Waals surface area contributed by atoms with E-state index in [-0.39, 0.29) is 22.8 Å². The Bertz CT molecular complexity index is 332. The first-order chi connectivity index (χ1) is 6.25. The lowest BCUT2D eigenvalue weighted by atomic mass is 9.94. The van der Waals surface area contributed by atoms with Crippen molar-refractivity contribution in [1.29, 1.82) is 0 Å². The molecule has 0 amide bonds. The first kappa shape index (κ1) is 11.4. The predicted octanol–water partition coefficient (Wildman–Crippen LogP) is 3.58. The molecule has 2 N–H and O–H groups in total. The van der Waals surface area contributed by atoms with Crippen molar-refractivity contribution in [3.8, 4) is 11.5 Å². The second kappa shape index (κ2) is 3.46. The van der Waals surface area contributed by atoms with E-state index in [1.807, 2.05) is 34.6 Å².